The minimum Gasteiger partial charge on any atom is -0.310 e. The van der Waals surface area contributed by atoms with Crippen molar-refractivity contribution in [2.75, 3.05) is 4.90 Å². The van der Waals surface area contributed by atoms with Crippen LogP contribution in [0.4, 0.5) is 17.1 Å². The Kier molecular flexibility index (Phi) is 7.41. The number of nitrogens with zero attached hydrogens (tertiary/aromatic N) is 1. The van der Waals surface area contributed by atoms with E-state index in [2.05, 4.69) is 205 Å². The third-order valence-corrected chi connectivity index (χ3v) is 11.4. The van der Waals surface area contributed by atoms with E-state index in [4.69, 9.17) is 0 Å². The van der Waals surface area contributed by atoms with E-state index in [1.807, 2.05) is 11.3 Å². The number of hydrogen-bond acceptors (Lipinski definition) is 2. The monoisotopic (exact) mass is 679 g/mol. The SMILES string of the molecule is c1ccc(-c2ccc(N(c3ccc(-c4ccc5c(ccc6sc7ccccc7c65)c4)cc3)c3ccccc3-c3cccc4ccccc34)cc2)cc1. The van der Waals surface area contributed by atoms with Crippen molar-refractivity contribution in [1.29, 1.82) is 0 Å². The molecule has 0 bridgehead atoms. The maximum absolute atomic E-state index is 2.40. The molecule has 0 N–H and O–H groups in total. The molecule has 0 aliphatic carbocycles. The average Bonchev–Trinajstić information content (AvgIpc) is 3.61. The van der Waals surface area contributed by atoms with Crippen molar-refractivity contribution in [3.63, 3.8) is 0 Å². The Morgan fingerprint density at radius 1 is 0.327 bits per heavy atom. The summed E-state index contributed by atoms with van der Waals surface area (Å²) in [6.45, 7) is 0. The highest BCUT2D eigenvalue weighted by Gasteiger charge is 2.19. The fourth-order valence-corrected chi connectivity index (χ4v) is 8.87. The molecule has 244 valence electrons. The summed E-state index contributed by atoms with van der Waals surface area (Å²) in [5.74, 6) is 0. The Balaban J connectivity index is 1.09. The van der Waals surface area contributed by atoms with Gasteiger partial charge in [0.2, 0.25) is 0 Å². The number of para-hydroxylation sites is 1. The zero-order valence-corrected chi connectivity index (χ0v) is 29.2. The van der Waals surface area contributed by atoms with E-state index in [9.17, 15) is 0 Å². The lowest BCUT2D eigenvalue weighted by atomic mass is 9.95. The molecular weight excluding hydrogens is 647 g/mol. The van der Waals surface area contributed by atoms with Gasteiger partial charge in [-0.25, -0.2) is 0 Å². The molecule has 10 rings (SSSR count). The first-order chi connectivity index (χ1) is 25.8. The molecule has 0 radical (unpaired) electrons. The van der Waals surface area contributed by atoms with E-state index in [0.717, 1.165) is 17.1 Å². The molecule has 0 atom stereocenters. The first kappa shape index (κ1) is 30.4. The first-order valence-corrected chi connectivity index (χ1v) is 18.6. The number of anilines is 3. The maximum atomic E-state index is 2.40. The molecule has 0 unspecified atom stereocenters. The molecule has 1 nitrogen and oxygen atoms in total. The van der Waals surface area contributed by atoms with Gasteiger partial charge in [-0.3, -0.25) is 0 Å². The third-order valence-electron chi connectivity index (χ3n) is 10.3. The lowest BCUT2D eigenvalue weighted by Crippen LogP contribution is -2.11. The van der Waals surface area contributed by atoms with E-state index in [-0.39, 0.29) is 0 Å². The van der Waals surface area contributed by atoms with Crippen LogP contribution in [0.1, 0.15) is 0 Å². The van der Waals surface area contributed by atoms with E-state index in [1.165, 1.54) is 75.1 Å². The van der Waals surface area contributed by atoms with Gasteiger partial charge in [-0.15, -0.1) is 11.3 Å². The highest BCUT2D eigenvalue weighted by Crippen LogP contribution is 2.44. The van der Waals surface area contributed by atoms with Gasteiger partial charge in [0.15, 0.2) is 0 Å². The van der Waals surface area contributed by atoms with Crippen LogP contribution in [-0.2, 0) is 0 Å². The van der Waals surface area contributed by atoms with Crippen LogP contribution in [-0.4, -0.2) is 0 Å². The van der Waals surface area contributed by atoms with Crippen LogP contribution < -0.4 is 4.90 Å². The molecule has 52 heavy (non-hydrogen) atoms. The Morgan fingerprint density at radius 2 is 0.923 bits per heavy atom. The van der Waals surface area contributed by atoms with Crippen molar-refractivity contribution in [3.05, 3.63) is 200 Å². The van der Waals surface area contributed by atoms with Crippen LogP contribution in [0.15, 0.2) is 200 Å². The predicted molar refractivity (Wildman–Crippen MR) is 225 cm³/mol. The van der Waals surface area contributed by atoms with Crippen molar-refractivity contribution >= 4 is 70.1 Å². The second kappa shape index (κ2) is 12.7. The van der Waals surface area contributed by atoms with Gasteiger partial charge >= 0.3 is 0 Å². The molecule has 10 aromatic rings. The van der Waals surface area contributed by atoms with Gasteiger partial charge in [-0.2, -0.15) is 0 Å². The molecular formula is C50H33NS. The van der Waals surface area contributed by atoms with Crippen LogP contribution in [0.3, 0.4) is 0 Å². The molecule has 0 saturated carbocycles. The summed E-state index contributed by atoms with van der Waals surface area (Å²) < 4.78 is 2.68. The molecule has 0 aliphatic rings. The molecule has 0 spiro atoms. The van der Waals surface area contributed by atoms with E-state index in [0.29, 0.717) is 0 Å². The van der Waals surface area contributed by atoms with Crippen LogP contribution in [0.5, 0.6) is 0 Å². The standard InChI is InChI=1S/C50H33NS/c1-2-11-34(12-3-1)35-21-27-40(28-22-35)51(47-19-8-6-16-45(47)44-18-10-14-37-13-4-5-15-42(37)44)41-29-23-36(24-30-41)38-25-31-43-39(33-38)26-32-49-50(43)46-17-7-9-20-48(46)52-49/h1-33H. The van der Waals surface area contributed by atoms with Crippen LogP contribution >= 0.6 is 11.3 Å². The number of fused-ring (bicyclic) bond motifs is 6. The molecule has 1 heterocycles. The van der Waals surface area contributed by atoms with Crippen LogP contribution in [0, 0.1) is 0 Å². The smallest absolute Gasteiger partial charge is 0.0540 e. The van der Waals surface area contributed by atoms with Gasteiger partial charge in [-0.05, 0) is 97.9 Å². The normalized spacial score (nSPS) is 11.5. The quantitative estimate of drug-likeness (QED) is 0.169. The van der Waals surface area contributed by atoms with Crippen molar-refractivity contribution in [2.24, 2.45) is 0 Å². The zero-order chi connectivity index (χ0) is 34.4. The van der Waals surface area contributed by atoms with Crippen molar-refractivity contribution in [1.82, 2.24) is 0 Å². The predicted octanol–water partition coefficient (Wildman–Crippen LogP) is 14.8. The van der Waals surface area contributed by atoms with Gasteiger partial charge < -0.3 is 4.90 Å². The van der Waals surface area contributed by atoms with Gasteiger partial charge in [0.1, 0.15) is 0 Å². The van der Waals surface area contributed by atoms with Crippen LogP contribution in [0.25, 0.3) is 75.1 Å². The summed E-state index contributed by atoms with van der Waals surface area (Å²) in [7, 11) is 0. The fourth-order valence-electron chi connectivity index (χ4n) is 7.75. The van der Waals surface area contributed by atoms with Gasteiger partial charge in [0, 0.05) is 37.1 Å². The summed E-state index contributed by atoms with van der Waals surface area (Å²) in [6, 6.07) is 72.9. The Bertz CT molecular complexity index is 2880. The van der Waals surface area contributed by atoms with Crippen LogP contribution in [0.2, 0.25) is 0 Å². The second-order valence-electron chi connectivity index (χ2n) is 13.3. The highest BCUT2D eigenvalue weighted by molar-refractivity contribution is 7.26. The number of thiophene rings is 1. The molecule has 0 aliphatic heterocycles. The molecule has 1 aromatic heterocycles. The topological polar surface area (TPSA) is 3.24 Å². The summed E-state index contributed by atoms with van der Waals surface area (Å²) in [6.07, 6.45) is 0. The summed E-state index contributed by atoms with van der Waals surface area (Å²) in [5.41, 5.74) is 10.6. The van der Waals surface area contributed by atoms with Crippen molar-refractivity contribution < 1.29 is 0 Å². The Morgan fingerprint density at radius 3 is 1.73 bits per heavy atom. The lowest BCUT2D eigenvalue weighted by Gasteiger charge is -2.28. The van der Waals surface area contributed by atoms with Crippen molar-refractivity contribution in [2.45, 2.75) is 0 Å². The molecule has 0 fully saturated rings. The Labute approximate surface area is 307 Å². The van der Waals surface area contributed by atoms with E-state index >= 15 is 0 Å². The third kappa shape index (κ3) is 5.24. The number of hydrogen-bond donors (Lipinski definition) is 0. The number of benzene rings is 9. The summed E-state index contributed by atoms with van der Waals surface area (Å²) in [4.78, 5) is 2.40. The number of rotatable bonds is 6. The molecule has 2 heteroatoms. The van der Waals surface area contributed by atoms with Gasteiger partial charge in [0.05, 0.1) is 5.69 Å². The lowest BCUT2D eigenvalue weighted by molar-refractivity contribution is 1.28. The van der Waals surface area contributed by atoms with Crippen molar-refractivity contribution in [3.8, 4) is 33.4 Å². The Hall–Kier alpha value is -6.48. The minimum absolute atomic E-state index is 1.11. The van der Waals surface area contributed by atoms with Gasteiger partial charge in [-0.1, -0.05) is 152 Å². The zero-order valence-electron chi connectivity index (χ0n) is 28.4. The van der Waals surface area contributed by atoms with E-state index < -0.39 is 0 Å². The molecule has 0 saturated heterocycles. The minimum atomic E-state index is 1.11. The fraction of sp³-hybridized carbons (Fsp3) is 0. The average molecular weight is 680 g/mol. The van der Waals surface area contributed by atoms with E-state index in [1.54, 1.807) is 0 Å². The van der Waals surface area contributed by atoms with Gasteiger partial charge in [0.25, 0.3) is 0 Å². The largest absolute Gasteiger partial charge is 0.310 e. The first-order valence-electron chi connectivity index (χ1n) is 17.8. The molecule has 9 aromatic carbocycles. The highest BCUT2D eigenvalue weighted by atomic mass is 32.1. The second-order valence-corrected chi connectivity index (χ2v) is 14.4. The summed E-state index contributed by atoms with van der Waals surface area (Å²) >= 11 is 1.87. The molecule has 0 amide bonds. The summed E-state index contributed by atoms with van der Waals surface area (Å²) in [5, 5.41) is 7.76. The maximum Gasteiger partial charge on any atom is 0.0540 e.